The van der Waals surface area contributed by atoms with E-state index in [1.807, 2.05) is 6.07 Å². The fourth-order valence-electron chi connectivity index (χ4n) is 2.57. The standard InChI is InChI=1S/C17H15N7O4S/c1-11-16(17(25)24(21-11)12-6-4-3-5-7-12)20-19-14-10-13(8-9-15(14)28-2)29(26,27)23-22-18/h3-10,16H,1-2H3. The van der Waals surface area contributed by atoms with Crippen LogP contribution in [-0.2, 0) is 14.8 Å². The minimum absolute atomic E-state index is 0.0560. The number of carbonyl (C=O) groups is 1. The smallest absolute Gasteiger partial charge is 0.280 e. The number of hydrazone groups is 1. The topological polar surface area (TPSA) is 150 Å². The molecule has 1 atom stereocenters. The molecule has 11 nitrogen and oxygen atoms in total. The molecule has 1 amide bonds. The summed E-state index contributed by atoms with van der Waals surface area (Å²) < 4.78 is 31.8. The largest absolute Gasteiger partial charge is 0.494 e. The molecule has 0 aromatic heterocycles. The first-order valence-corrected chi connectivity index (χ1v) is 9.66. The molecule has 2 aromatic carbocycles. The number of azo groups is 1. The van der Waals surface area contributed by atoms with Crippen LogP contribution in [0, 0.1) is 0 Å². The molecule has 0 saturated carbocycles. The highest BCUT2D eigenvalue weighted by Crippen LogP contribution is 2.32. The molecule has 2 aromatic rings. The summed E-state index contributed by atoms with van der Waals surface area (Å²) in [5.41, 5.74) is 9.49. The quantitative estimate of drug-likeness (QED) is 0.404. The van der Waals surface area contributed by atoms with Crippen molar-refractivity contribution in [2.75, 3.05) is 12.1 Å². The van der Waals surface area contributed by atoms with Crippen molar-refractivity contribution in [3.8, 4) is 5.75 Å². The Balaban J connectivity index is 1.92. The Morgan fingerprint density at radius 3 is 2.59 bits per heavy atom. The summed E-state index contributed by atoms with van der Waals surface area (Å²) in [5, 5.41) is 13.5. The summed E-state index contributed by atoms with van der Waals surface area (Å²) in [5.74, 6) is -0.164. The number of nitrogens with zero attached hydrogens (tertiary/aromatic N) is 7. The molecule has 148 valence electrons. The zero-order chi connectivity index (χ0) is 21.0. The molecule has 0 N–H and O–H groups in total. The number of ether oxygens (including phenoxy) is 1. The molecule has 0 aliphatic carbocycles. The number of carbonyl (C=O) groups excluding carboxylic acids is 1. The van der Waals surface area contributed by atoms with E-state index in [4.69, 9.17) is 10.3 Å². The molecule has 3 rings (SSSR count). The molecule has 0 bridgehead atoms. The number of rotatable bonds is 6. The summed E-state index contributed by atoms with van der Waals surface area (Å²) in [6.45, 7) is 1.64. The number of azide groups is 1. The summed E-state index contributed by atoms with van der Waals surface area (Å²) in [6.07, 6.45) is 0. The maximum atomic E-state index is 12.7. The maximum Gasteiger partial charge on any atom is 0.280 e. The van der Waals surface area contributed by atoms with Gasteiger partial charge in [0.2, 0.25) is 0 Å². The third kappa shape index (κ3) is 4.08. The molecule has 29 heavy (non-hydrogen) atoms. The Kier molecular flexibility index (Phi) is 5.57. The van der Waals surface area contributed by atoms with Gasteiger partial charge in [-0.25, -0.2) is 8.42 Å². The molecule has 1 aliphatic rings. The van der Waals surface area contributed by atoms with Crippen molar-refractivity contribution >= 4 is 33.0 Å². The predicted octanol–water partition coefficient (Wildman–Crippen LogP) is 3.57. The van der Waals surface area contributed by atoms with Crippen LogP contribution in [0.2, 0.25) is 0 Å². The van der Waals surface area contributed by atoms with Crippen molar-refractivity contribution in [1.29, 1.82) is 0 Å². The summed E-state index contributed by atoms with van der Waals surface area (Å²) in [7, 11) is -2.83. The number of benzene rings is 2. The van der Waals surface area contributed by atoms with Gasteiger partial charge in [-0.15, -0.1) is 0 Å². The lowest BCUT2D eigenvalue weighted by Gasteiger charge is -2.12. The third-order valence-electron chi connectivity index (χ3n) is 3.97. The second kappa shape index (κ2) is 8.09. The number of methoxy groups -OCH3 is 1. The highest BCUT2D eigenvalue weighted by Gasteiger charge is 2.34. The SMILES string of the molecule is COc1ccc(S(=O)(=O)N=[N+]=[N-])cc1N=NC1C(=O)N(c2ccccc2)N=C1C. The van der Waals surface area contributed by atoms with E-state index in [2.05, 4.69) is 24.8 Å². The van der Waals surface area contributed by atoms with E-state index in [1.165, 1.54) is 24.3 Å². The molecular formula is C17H15N7O4S. The molecule has 12 heteroatoms. The number of sulfonamides is 1. The lowest BCUT2D eigenvalue weighted by molar-refractivity contribution is -0.117. The molecule has 1 unspecified atom stereocenters. The zero-order valence-corrected chi connectivity index (χ0v) is 16.2. The molecule has 1 aliphatic heterocycles. The average Bonchev–Trinajstić information content (AvgIpc) is 3.00. The first-order chi connectivity index (χ1) is 13.9. The fourth-order valence-corrected chi connectivity index (χ4v) is 3.26. The van der Waals surface area contributed by atoms with E-state index in [9.17, 15) is 13.2 Å². The summed E-state index contributed by atoms with van der Waals surface area (Å²) in [6, 6.07) is 11.6. The lowest BCUT2D eigenvalue weighted by atomic mass is 10.2. The molecule has 0 saturated heterocycles. The Bertz CT molecular complexity index is 1160. The van der Waals surface area contributed by atoms with E-state index >= 15 is 0 Å². The molecule has 1 heterocycles. The lowest BCUT2D eigenvalue weighted by Crippen LogP contribution is -2.29. The van der Waals surface area contributed by atoms with Crippen LogP contribution in [-0.4, -0.2) is 33.2 Å². The zero-order valence-electron chi connectivity index (χ0n) is 15.4. The van der Waals surface area contributed by atoms with Crippen molar-refractivity contribution in [2.24, 2.45) is 19.8 Å². The van der Waals surface area contributed by atoms with Crippen LogP contribution in [0.5, 0.6) is 5.75 Å². The van der Waals surface area contributed by atoms with E-state index in [0.29, 0.717) is 11.4 Å². The Morgan fingerprint density at radius 2 is 1.93 bits per heavy atom. The second-order valence-corrected chi connectivity index (χ2v) is 7.41. The summed E-state index contributed by atoms with van der Waals surface area (Å²) in [4.78, 5) is 14.7. The van der Waals surface area contributed by atoms with Crippen LogP contribution in [0.15, 0.2) is 73.3 Å². The van der Waals surface area contributed by atoms with Crippen LogP contribution in [0.4, 0.5) is 11.4 Å². The van der Waals surface area contributed by atoms with Crippen molar-refractivity contribution in [3.63, 3.8) is 0 Å². The fraction of sp³-hybridized carbons (Fsp3) is 0.176. The summed E-state index contributed by atoms with van der Waals surface area (Å²) >= 11 is 0. The van der Waals surface area contributed by atoms with Crippen LogP contribution in [0.3, 0.4) is 0 Å². The first kappa shape index (κ1) is 20.0. The van der Waals surface area contributed by atoms with Gasteiger partial charge in [-0.1, -0.05) is 18.2 Å². The van der Waals surface area contributed by atoms with Gasteiger partial charge in [0, 0.05) is 9.43 Å². The second-order valence-electron chi connectivity index (χ2n) is 5.82. The first-order valence-electron chi connectivity index (χ1n) is 8.22. The van der Waals surface area contributed by atoms with Gasteiger partial charge in [-0.2, -0.15) is 20.3 Å². The molecule has 0 radical (unpaired) electrons. The van der Waals surface area contributed by atoms with Crippen molar-refractivity contribution in [2.45, 2.75) is 17.9 Å². The van der Waals surface area contributed by atoms with Crippen LogP contribution < -0.4 is 9.75 Å². The van der Waals surface area contributed by atoms with Gasteiger partial charge < -0.3 is 4.74 Å². The maximum absolute atomic E-state index is 12.7. The van der Waals surface area contributed by atoms with Gasteiger partial charge in [0.05, 0.1) is 23.4 Å². The van der Waals surface area contributed by atoms with Crippen molar-refractivity contribution in [1.82, 2.24) is 0 Å². The van der Waals surface area contributed by atoms with Crippen LogP contribution in [0.1, 0.15) is 6.92 Å². The van der Waals surface area contributed by atoms with Crippen LogP contribution >= 0.6 is 0 Å². The van der Waals surface area contributed by atoms with E-state index < -0.39 is 22.0 Å². The monoisotopic (exact) mass is 413 g/mol. The van der Waals surface area contributed by atoms with Gasteiger partial charge in [-0.05, 0) is 42.8 Å². The molecular weight excluding hydrogens is 398 g/mol. The number of hydrogen-bond acceptors (Lipinski definition) is 7. The van der Waals surface area contributed by atoms with Crippen molar-refractivity contribution < 1.29 is 17.9 Å². The van der Waals surface area contributed by atoms with Gasteiger partial charge in [-0.3, -0.25) is 4.79 Å². The van der Waals surface area contributed by atoms with E-state index in [-0.39, 0.29) is 16.3 Å². The number of amides is 1. The van der Waals surface area contributed by atoms with Gasteiger partial charge >= 0.3 is 0 Å². The molecule has 0 fully saturated rings. The van der Waals surface area contributed by atoms with Crippen LogP contribution in [0.25, 0.3) is 10.4 Å². The Hall–Kier alpha value is -3.76. The minimum atomic E-state index is -4.21. The van der Waals surface area contributed by atoms with Gasteiger partial charge in [0.15, 0.2) is 6.04 Å². The Morgan fingerprint density at radius 1 is 1.21 bits per heavy atom. The minimum Gasteiger partial charge on any atom is -0.494 e. The van der Waals surface area contributed by atoms with Gasteiger partial charge in [0.1, 0.15) is 11.4 Å². The number of para-hydroxylation sites is 1. The van der Waals surface area contributed by atoms with E-state index in [0.717, 1.165) is 6.07 Å². The van der Waals surface area contributed by atoms with E-state index in [1.54, 1.807) is 31.2 Å². The average molecular weight is 413 g/mol. The highest BCUT2D eigenvalue weighted by atomic mass is 32.2. The highest BCUT2D eigenvalue weighted by molar-refractivity contribution is 7.90. The predicted molar refractivity (Wildman–Crippen MR) is 105 cm³/mol. The number of hydrogen-bond donors (Lipinski definition) is 0. The number of anilines is 1. The van der Waals surface area contributed by atoms with Gasteiger partial charge in [0.25, 0.3) is 15.9 Å². The molecule has 0 spiro atoms. The third-order valence-corrected chi connectivity index (χ3v) is 5.11. The normalized spacial score (nSPS) is 16.6. The Labute approximate surface area is 166 Å². The van der Waals surface area contributed by atoms with Crippen molar-refractivity contribution in [3.05, 3.63) is 59.0 Å².